The second-order valence-electron chi connectivity index (χ2n) is 5.66. The molecule has 2 rings (SSSR count). The third-order valence-corrected chi connectivity index (χ3v) is 3.88. The molecule has 1 aliphatic carbocycles. The second-order valence-corrected chi connectivity index (χ2v) is 5.66. The van der Waals surface area contributed by atoms with Crippen molar-refractivity contribution in [1.29, 1.82) is 0 Å². The van der Waals surface area contributed by atoms with Gasteiger partial charge in [0.1, 0.15) is 11.6 Å². The van der Waals surface area contributed by atoms with E-state index in [0.717, 1.165) is 24.2 Å². The lowest BCUT2D eigenvalue weighted by Gasteiger charge is -2.21. The average Bonchev–Trinajstić information content (AvgIpc) is 2.62. The number of halogens is 1. The fourth-order valence-corrected chi connectivity index (χ4v) is 2.67. The van der Waals surface area contributed by atoms with E-state index in [9.17, 15) is 4.39 Å². The first-order valence-corrected chi connectivity index (χ1v) is 7.30. The lowest BCUT2D eigenvalue weighted by molar-refractivity contribution is 0.181. The minimum atomic E-state index is -0.212. The number of benzene rings is 1. The van der Waals surface area contributed by atoms with Gasteiger partial charge >= 0.3 is 0 Å². The van der Waals surface area contributed by atoms with Crippen molar-refractivity contribution in [1.82, 2.24) is 0 Å². The molecule has 0 bridgehead atoms. The maximum atomic E-state index is 13.7. The molecule has 0 heterocycles. The summed E-state index contributed by atoms with van der Waals surface area (Å²) < 4.78 is 19.8. The maximum Gasteiger partial charge on any atom is 0.126 e. The first kappa shape index (κ1) is 14.3. The smallest absolute Gasteiger partial charge is 0.126 e. The zero-order valence-corrected chi connectivity index (χ0v) is 11.9. The normalized spacial score (nSPS) is 18.9. The summed E-state index contributed by atoms with van der Waals surface area (Å²) >= 11 is 0. The molecule has 0 spiro atoms. The van der Waals surface area contributed by atoms with Gasteiger partial charge in [-0.1, -0.05) is 12.8 Å². The van der Waals surface area contributed by atoms with Crippen LogP contribution in [0.3, 0.4) is 0 Å². The molecule has 1 fully saturated rings. The van der Waals surface area contributed by atoms with Crippen LogP contribution in [0.2, 0.25) is 0 Å². The number of rotatable bonds is 3. The Bertz CT molecular complexity index is 423. The molecule has 0 saturated heterocycles. The first-order valence-electron chi connectivity index (χ1n) is 7.30. The van der Waals surface area contributed by atoms with E-state index in [1.165, 1.54) is 31.7 Å². The summed E-state index contributed by atoms with van der Waals surface area (Å²) in [6.45, 7) is 3.63. The van der Waals surface area contributed by atoms with Crippen LogP contribution < -0.4 is 10.5 Å². The van der Waals surface area contributed by atoms with Crippen molar-refractivity contribution in [2.24, 2.45) is 5.73 Å². The van der Waals surface area contributed by atoms with E-state index in [4.69, 9.17) is 10.5 Å². The van der Waals surface area contributed by atoms with Crippen LogP contribution in [0.4, 0.5) is 4.39 Å². The predicted octanol–water partition coefficient (Wildman–Crippen LogP) is 4.26. The van der Waals surface area contributed by atoms with Crippen LogP contribution >= 0.6 is 0 Å². The molecule has 106 valence electrons. The average molecular weight is 265 g/mol. The van der Waals surface area contributed by atoms with Crippen molar-refractivity contribution in [3.05, 3.63) is 29.1 Å². The third-order valence-electron chi connectivity index (χ3n) is 3.88. The Hall–Kier alpha value is -1.09. The maximum absolute atomic E-state index is 13.7. The molecule has 1 atom stereocenters. The highest BCUT2D eigenvalue weighted by Crippen LogP contribution is 2.30. The second kappa shape index (κ2) is 6.38. The molecular formula is C16H24FNO. The molecule has 2 N–H and O–H groups in total. The quantitative estimate of drug-likeness (QED) is 0.829. The van der Waals surface area contributed by atoms with E-state index < -0.39 is 0 Å². The topological polar surface area (TPSA) is 35.2 Å². The van der Waals surface area contributed by atoms with Gasteiger partial charge < -0.3 is 10.5 Å². The molecule has 1 saturated carbocycles. The Kier molecular flexibility index (Phi) is 4.81. The molecule has 19 heavy (non-hydrogen) atoms. The van der Waals surface area contributed by atoms with Gasteiger partial charge in [0, 0.05) is 11.6 Å². The van der Waals surface area contributed by atoms with Gasteiger partial charge in [-0.05, 0) is 57.2 Å². The summed E-state index contributed by atoms with van der Waals surface area (Å²) in [5.74, 6) is 0.557. The molecule has 0 aliphatic heterocycles. The fraction of sp³-hybridized carbons (Fsp3) is 0.625. The lowest BCUT2D eigenvalue weighted by Crippen LogP contribution is -2.18. The first-order chi connectivity index (χ1) is 9.08. The van der Waals surface area contributed by atoms with Crippen LogP contribution in [0, 0.1) is 12.7 Å². The van der Waals surface area contributed by atoms with Crippen LogP contribution in [0.5, 0.6) is 5.75 Å². The van der Waals surface area contributed by atoms with Gasteiger partial charge in [0.25, 0.3) is 0 Å². The molecule has 0 radical (unpaired) electrons. The van der Waals surface area contributed by atoms with Gasteiger partial charge in [0.2, 0.25) is 0 Å². The monoisotopic (exact) mass is 265 g/mol. The Morgan fingerprint density at radius 2 is 1.84 bits per heavy atom. The van der Waals surface area contributed by atoms with E-state index in [-0.39, 0.29) is 18.0 Å². The minimum Gasteiger partial charge on any atom is -0.490 e. The summed E-state index contributed by atoms with van der Waals surface area (Å²) in [7, 11) is 0. The number of hydrogen-bond donors (Lipinski definition) is 1. The number of hydrogen-bond acceptors (Lipinski definition) is 2. The van der Waals surface area contributed by atoms with E-state index >= 15 is 0 Å². The summed E-state index contributed by atoms with van der Waals surface area (Å²) in [4.78, 5) is 0. The van der Waals surface area contributed by atoms with Gasteiger partial charge in [-0.2, -0.15) is 0 Å². The van der Waals surface area contributed by atoms with E-state index in [0.29, 0.717) is 5.56 Å². The standard InChI is InChI=1S/C16H24FNO/c1-11-9-16(14(12(2)18)10-15(11)17)19-13-7-5-3-4-6-8-13/h9-10,12-13H,3-8,18H2,1-2H3/t12-/m0/s1. The molecule has 0 aromatic heterocycles. The number of aryl methyl sites for hydroxylation is 1. The molecular weight excluding hydrogens is 241 g/mol. The predicted molar refractivity (Wildman–Crippen MR) is 75.9 cm³/mol. The SMILES string of the molecule is Cc1cc(OC2CCCCCC2)c([C@H](C)N)cc1F. The Morgan fingerprint density at radius 1 is 1.21 bits per heavy atom. The summed E-state index contributed by atoms with van der Waals surface area (Å²) in [5, 5.41) is 0. The van der Waals surface area contributed by atoms with Crippen molar-refractivity contribution in [2.75, 3.05) is 0 Å². The molecule has 2 nitrogen and oxygen atoms in total. The van der Waals surface area contributed by atoms with Crippen LogP contribution in [0.25, 0.3) is 0 Å². The zero-order valence-electron chi connectivity index (χ0n) is 11.9. The zero-order chi connectivity index (χ0) is 13.8. The van der Waals surface area contributed by atoms with Crippen LogP contribution in [-0.2, 0) is 0 Å². The Morgan fingerprint density at radius 3 is 2.42 bits per heavy atom. The van der Waals surface area contributed by atoms with Gasteiger partial charge in [-0.15, -0.1) is 0 Å². The molecule has 1 aromatic carbocycles. The Balaban J connectivity index is 2.20. The van der Waals surface area contributed by atoms with Crippen LogP contribution in [0.15, 0.2) is 12.1 Å². The molecule has 0 unspecified atom stereocenters. The largest absolute Gasteiger partial charge is 0.490 e. The molecule has 1 aliphatic rings. The summed E-state index contributed by atoms with van der Waals surface area (Å²) in [6, 6.07) is 3.10. The highest BCUT2D eigenvalue weighted by Gasteiger charge is 2.18. The van der Waals surface area contributed by atoms with Crippen LogP contribution in [-0.4, -0.2) is 6.10 Å². The van der Waals surface area contributed by atoms with E-state index in [1.807, 2.05) is 6.92 Å². The van der Waals surface area contributed by atoms with Crippen molar-refractivity contribution in [3.63, 3.8) is 0 Å². The van der Waals surface area contributed by atoms with Gasteiger partial charge in [-0.25, -0.2) is 4.39 Å². The number of nitrogens with two attached hydrogens (primary N) is 1. The molecule has 1 aromatic rings. The van der Waals surface area contributed by atoms with E-state index in [1.54, 1.807) is 13.0 Å². The summed E-state index contributed by atoms with van der Waals surface area (Å²) in [6.07, 6.45) is 7.47. The Labute approximate surface area is 115 Å². The summed E-state index contributed by atoms with van der Waals surface area (Å²) in [5.41, 5.74) is 7.31. The third kappa shape index (κ3) is 3.69. The van der Waals surface area contributed by atoms with Gasteiger partial charge in [0.15, 0.2) is 0 Å². The van der Waals surface area contributed by atoms with Crippen molar-refractivity contribution >= 4 is 0 Å². The van der Waals surface area contributed by atoms with Crippen LogP contribution in [0.1, 0.15) is 62.6 Å². The van der Waals surface area contributed by atoms with Crippen molar-refractivity contribution < 1.29 is 9.13 Å². The molecule has 3 heteroatoms. The van der Waals surface area contributed by atoms with E-state index in [2.05, 4.69) is 0 Å². The lowest BCUT2D eigenvalue weighted by atomic mass is 10.0. The van der Waals surface area contributed by atoms with Gasteiger partial charge in [0.05, 0.1) is 6.10 Å². The molecule has 0 amide bonds. The highest BCUT2D eigenvalue weighted by atomic mass is 19.1. The fourth-order valence-electron chi connectivity index (χ4n) is 2.67. The van der Waals surface area contributed by atoms with Crippen molar-refractivity contribution in [2.45, 2.75) is 64.5 Å². The van der Waals surface area contributed by atoms with Crippen molar-refractivity contribution in [3.8, 4) is 5.75 Å². The minimum absolute atomic E-state index is 0.208. The highest BCUT2D eigenvalue weighted by molar-refractivity contribution is 5.40. The van der Waals surface area contributed by atoms with Gasteiger partial charge in [-0.3, -0.25) is 0 Å². The number of ether oxygens (including phenoxy) is 1.